The van der Waals surface area contributed by atoms with E-state index in [4.69, 9.17) is 4.42 Å². The number of aryl methyl sites for hydroxylation is 1. The van der Waals surface area contributed by atoms with Gasteiger partial charge in [0.05, 0.1) is 0 Å². The quantitative estimate of drug-likeness (QED) is 0.137. The minimum Gasteiger partial charge on any atom is -0.461 e. The van der Waals surface area contributed by atoms with Crippen molar-refractivity contribution in [2.45, 2.75) is 122 Å². The summed E-state index contributed by atoms with van der Waals surface area (Å²) in [6, 6.07) is 13.1. The molecular weight excluding hydrogens is 492 g/mol. The summed E-state index contributed by atoms with van der Waals surface area (Å²) in [7, 11) is 0. The van der Waals surface area contributed by atoms with Crippen LogP contribution in [-0.4, -0.2) is 0 Å². The van der Waals surface area contributed by atoms with Crippen LogP contribution >= 0.6 is 11.3 Å². The normalized spacial score (nSPS) is 13.3. The Kier molecular flexibility index (Phi) is 13.2. The number of rotatable bonds is 19. The van der Waals surface area contributed by atoms with E-state index < -0.39 is 0 Å². The SMILES string of the molecule is CCCCCCCCCCCCCCCCCCc1ccc(-c2c(C3=CC=CCC=C3)sc3ccccc23)o1. The number of thiophene rings is 1. The van der Waals surface area contributed by atoms with Crippen molar-refractivity contribution in [1.82, 2.24) is 0 Å². The third kappa shape index (κ3) is 9.67. The highest BCUT2D eigenvalue weighted by atomic mass is 32.1. The van der Waals surface area contributed by atoms with Crippen LogP contribution in [0.5, 0.6) is 0 Å². The van der Waals surface area contributed by atoms with Crippen LogP contribution < -0.4 is 0 Å². The molecule has 2 aromatic heterocycles. The lowest BCUT2D eigenvalue weighted by atomic mass is 10.0. The van der Waals surface area contributed by atoms with Crippen LogP contribution in [0.4, 0.5) is 0 Å². The number of unbranched alkanes of at least 4 members (excludes halogenated alkanes) is 15. The number of hydrogen-bond donors (Lipinski definition) is 0. The van der Waals surface area contributed by atoms with Gasteiger partial charge in [0.2, 0.25) is 0 Å². The van der Waals surface area contributed by atoms with Gasteiger partial charge in [-0.15, -0.1) is 11.3 Å². The molecule has 0 bridgehead atoms. The second kappa shape index (κ2) is 17.4. The van der Waals surface area contributed by atoms with Crippen molar-refractivity contribution >= 4 is 27.0 Å². The van der Waals surface area contributed by atoms with Gasteiger partial charge in [-0.05, 0) is 36.6 Å². The molecule has 1 aliphatic carbocycles. The van der Waals surface area contributed by atoms with Gasteiger partial charge in [-0.1, -0.05) is 152 Å². The molecule has 0 amide bonds. The summed E-state index contributed by atoms with van der Waals surface area (Å²) in [5, 5.41) is 1.29. The summed E-state index contributed by atoms with van der Waals surface area (Å²) >= 11 is 1.87. The largest absolute Gasteiger partial charge is 0.461 e. The Bertz CT molecular complexity index is 1190. The van der Waals surface area contributed by atoms with Crippen LogP contribution in [0.2, 0.25) is 0 Å². The molecule has 4 rings (SSSR count). The van der Waals surface area contributed by atoms with E-state index in [1.54, 1.807) is 0 Å². The molecule has 0 fully saturated rings. The molecule has 3 aromatic rings. The van der Waals surface area contributed by atoms with E-state index in [1.165, 1.54) is 129 Å². The highest BCUT2D eigenvalue weighted by Gasteiger charge is 2.19. The fourth-order valence-corrected chi connectivity index (χ4v) is 6.93. The smallest absolute Gasteiger partial charge is 0.136 e. The van der Waals surface area contributed by atoms with E-state index in [0.717, 1.165) is 24.4 Å². The molecule has 0 atom stereocenters. The fourth-order valence-electron chi connectivity index (χ4n) is 5.72. The number of hydrogen-bond acceptors (Lipinski definition) is 2. The second-order valence-corrected chi connectivity index (χ2v) is 12.4. The Balaban J connectivity index is 1.14. The molecule has 0 saturated carbocycles. The lowest BCUT2D eigenvalue weighted by Gasteiger charge is -2.04. The Labute approximate surface area is 242 Å². The average Bonchev–Trinajstić information content (AvgIpc) is 3.48. The second-order valence-electron chi connectivity index (χ2n) is 11.3. The summed E-state index contributed by atoms with van der Waals surface area (Å²) in [6.07, 6.45) is 35.7. The summed E-state index contributed by atoms with van der Waals surface area (Å²) in [4.78, 5) is 1.31. The van der Waals surface area contributed by atoms with Gasteiger partial charge in [0, 0.05) is 26.9 Å². The zero-order chi connectivity index (χ0) is 27.0. The molecule has 0 aliphatic heterocycles. The first-order valence-corrected chi connectivity index (χ1v) is 16.8. The van der Waals surface area contributed by atoms with E-state index >= 15 is 0 Å². The fraction of sp³-hybridized carbons (Fsp3) is 0.514. The Morgan fingerprint density at radius 3 is 2.03 bits per heavy atom. The van der Waals surface area contributed by atoms with Gasteiger partial charge in [0.15, 0.2) is 0 Å². The summed E-state index contributed by atoms with van der Waals surface area (Å²) in [6.45, 7) is 2.30. The zero-order valence-electron chi connectivity index (χ0n) is 24.4. The molecular formula is C37H50OS. The maximum atomic E-state index is 6.46. The van der Waals surface area contributed by atoms with Crippen LogP contribution in [0.25, 0.3) is 27.0 Å². The standard InChI is InChI=1S/C37H50OS/c1-2-3-4-5-6-7-8-9-10-11-12-13-14-15-16-21-26-32-29-30-34(38-32)36-33-27-22-23-28-35(33)39-37(36)31-24-19-17-18-20-25-31/h17,19-20,22-25,27-30H,2-16,18,21,26H2,1H3. The molecule has 2 heteroatoms. The topological polar surface area (TPSA) is 13.1 Å². The average molecular weight is 543 g/mol. The summed E-state index contributed by atoms with van der Waals surface area (Å²) in [5.74, 6) is 2.14. The molecule has 210 valence electrons. The first kappa shape index (κ1) is 29.7. The molecule has 2 heterocycles. The molecule has 0 unspecified atom stereocenters. The minimum absolute atomic E-state index is 0.991. The van der Waals surface area contributed by atoms with Crippen molar-refractivity contribution in [3.8, 4) is 11.3 Å². The minimum atomic E-state index is 0.991. The molecule has 0 saturated heterocycles. The number of fused-ring (bicyclic) bond motifs is 1. The lowest BCUT2D eigenvalue weighted by molar-refractivity contribution is 0.498. The molecule has 0 spiro atoms. The van der Waals surface area contributed by atoms with E-state index in [0.29, 0.717) is 0 Å². The van der Waals surface area contributed by atoms with Crippen LogP contribution in [0, 0.1) is 0 Å². The van der Waals surface area contributed by atoms with E-state index in [9.17, 15) is 0 Å². The maximum Gasteiger partial charge on any atom is 0.136 e. The number of furan rings is 1. The molecule has 39 heavy (non-hydrogen) atoms. The highest BCUT2D eigenvalue weighted by molar-refractivity contribution is 7.20. The van der Waals surface area contributed by atoms with Crippen LogP contribution in [0.15, 0.2) is 71.2 Å². The van der Waals surface area contributed by atoms with Crippen molar-refractivity contribution in [3.63, 3.8) is 0 Å². The van der Waals surface area contributed by atoms with Crippen molar-refractivity contribution in [2.24, 2.45) is 0 Å². The first-order chi connectivity index (χ1) is 19.4. The first-order valence-electron chi connectivity index (χ1n) is 16.0. The predicted molar refractivity (Wildman–Crippen MR) is 174 cm³/mol. The molecule has 1 nitrogen and oxygen atoms in total. The van der Waals surface area contributed by atoms with Crippen LogP contribution in [0.3, 0.4) is 0 Å². The van der Waals surface area contributed by atoms with Crippen molar-refractivity contribution in [2.75, 3.05) is 0 Å². The van der Waals surface area contributed by atoms with Crippen molar-refractivity contribution < 1.29 is 4.42 Å². The molecule has 1 aromatic carbocycles. The lowest BCUT2D eigenvalue weighted by Crippen LogP contribution is -1.85. The number of benzene rings is 1. The van der Waals surface area contributed by atoms with Gasteiger partial charge in [-0.2, -0.15) is 0 Å². The molecule has 0 N–H and O–H groups in total. The number of allylic oxidation sites excluding steroid dienone is 6. The summed E-state index contributed by atoms with van der Waals surface area (Å²) < 4.78 is 7.78. The third-order valence-electron chi connectivity index (χ3n) is 8.02. The van der Waals surface area contributed by atoms with Crippen molar-refractivity contribution in [1.29, 1.82) is 0 Å². The molecule has 1 aliphatic rings. The Morgan fingerprint density at radius 2 is 1.33 bits per heavy atom. The van der Waals surface area contributed by atoms with Gasteiger partial charge >= 0.3 is 0 Å². The Hall–Kier alpha value is -2.32. The van der Waals surface area contributed by atoms with Gasteiger partial charge in [-0.25, -0.2) is 0 Å². The van der Waals surface area contributed by atoms with Crippen molar-refractivity contribution in [3.05, 3.63) is 77.4 Å². The Morgan fingerprint density at radius 1 is 0.692 bits per heavy atom. The third-order valence-corrected chi connectivity index (χ3v) is 9.24. The monoisotopic (exact) mass is 542 g/mol. The van der Waals surface area contributed by atoms with Gasteiger partial charge in [-0.3, -0.25) is 0 Å². The maximum absolute atomic E-state index is 6.46. The van der Waals surface area contributed by atoms with Crippen LogP contribution in [-0.2, 0) is 6.42 Å². The summed E-state index contributed by atoms with van der Waals surface area (Å²) in [5.41, 5.74) is 2.52. The zero-order valence-corrected chi connectivity index (χ0v) is 25.2. The van der Waals surface area contributed by atoms with E-state index in [-0.39, 0.29) is 0 Å². The highest BCUT2D eigenvalue weighted by Crippen LogP contribution is 2.43. The van der Waals surface area contributed by atoms with Gasteiger partial charge < -0.3 is 4.42 Å². The van der Waals surface area contributed by atoms with Crippen LogP contribution in [0.1, 0.15) is 127 Å². The predicted octanol–water partition coefficient (Wildman–Crippen LogP) is 12.9. The van der Waals surface area contributed by atoms with Gasteiger partial charge in [0.25, 0.3) is 0 Å². The van der Waals surface area contributed by atoms with E-state index in [2.05, 4.69) is 73.7 Å². The van der Waals surface area contributed by atoms with Gasteiger partial charge in [0.1, 0.15) is 11.5 Å². The molecule has 0 radical (unpaired) electrons. The van der Waals surface area contributed by atoms with E-state index in [1.807, 2.05) is 11.3 Å².